The summed E-state index contributed by atoms with van der Waals surface area (Å²) in [6, 6.07) is 11.9. The highest BCUT2D eigenvalue weighted by molar-refractivity contribution is 6.01. The molecule has 2 aromatic carbocycles. The highest BCUT2D eigenvalue weighted by atomic mass is 16.5. The Morgan fingerprint density at radius 3 is 2.27 bits per heavy atom. The maximum Gasteiger partial charge on any atom is 0.253 e. The summed E-state index contributed by atoms with van der Waals surface area (Å²) in [6.07, 6.45) is 1.75. The Morgan fingerprint density at radius 2 is 1.67 bits per heavy atom. The summed E-state index contributed by atoms with van der Waals surface area (Å²) in [5, 5.41) is 0. The topological polar surface area (TPSA) is 46.6 Å². The van der Waals surface area contributed by atoms with Gasteiger partial charge in [0.2, 0.25) is 0 Å². The Kier molecular flexibility index (Phi) is 5.00. The van der Waals surface area contributed by atoms with E-state index in [1.807, 2.05) is 49.1 Å². The van der Waals surface area contributed by atoms with Gasteiger partial charge in [0, 0.05) is 31.5 Å². The van der Waals surface area contributed by atoms with Crippen molar-refractivity contribution in [3.05, 3.63) is 64.2 Å². The number of amides is 1. The van der Waals surface area contributed by atoms with Crippen LogP contribution in [0.3, 0.4) is 0 Å². The average molecular weight is 406 g/mol. The molecule has 4 nitrogen and oxygen atoms in total. The van der Waals surface area contributed by atoms with Gasteiger partial charge in [0.15, 0.2) is 5.78 Å². The van der Waals surface area contributed by atoms with Crippen LogP contribution in [0.2, 0.25) is 0 Å². The number of carbonyl (C=O) groups is 2. The van der Waals surface area contributed by atoms with Gasteiger partial charge < -0.3 is 9.64 Å². The van der Waals surface area contributed by atoms with Crippen molar-refractivity contribution in [2.75, 3.05) is 13.1 Å². The molecule has 0 aliphatic carbocycles. The van der Waals surface area contributed by atoms with Crippen molar-refractivity contribution >= 4 is 11.7 Å². The van der Waals surface area contributed by atoms with Crippen LogP contribution in [-0.2, 0) is 5.41 Å². The lowest BCUT2D eigenvalue weighted by Crippen LogP contribution is -2.52. The van der Waals surface area contributed by atoms with Gasteiger partial charge in [-0.15, -0.1) is 0 Å². The Hall–Kier alpha value is -2.62. The second-order valence-corrected chi connectivity index (χ2v) is 9.96. The summed E-state index contributed by atoms with van der Waals surface area (Å²) in [5.74, 6) is 0.939. The molecule has 2 heterocycles. The van der Waals surface area contributed by atoms with Crippen LogP contribution in [0, 0.1) is 13.8 Å². The fourth-order valence-electron chi connectivity index (χ4n) is 4.63. The Morgan fingerprint density at radius 1 is 1.03 bits per heavy atom. The largest absolute Gasteiger partial charge is 0.486 e. The van der Waals surface area contributed by atoms with Crippen molar-refractivity contribution in [2.45, 2.75) is 64.9 Å². The monoisotopic (exact) mass is 405 g/mol. The smallest absolute Gasteiger partial charge is 0.253 e. The molecule has 0 bridgehead atoms. The molecule has 1 amide bonds. The van der Waals surface area contributed by atoms with E-state index >= 15 is 0 Å². The van der Waals surface area contributed by atoms with E-state index < -0.39 is 5.60 Å². The molecule has 2 aliphatic rings. The fourth-order valence-corrected chi connectivity index (χ4v) is 4.63. The van der Waals surface area contributed by atoms with Crippen molar-refractivity contribution in [1.82, 2.24) is 4.90 Å². The minimum atomic E-state index is -0.489. The summed E-state index contributed by atoms with van der Waals surface area (Å²) in [7, 11) is 0. The molecule has 4 heteroatoms. The summed E-state index contributed by atoms with van der Waals surface area (Å²) >= 11 is 0. The Bertz CT molecular complexity index is 990. The molecule has 0 atom stereocenters. The quantitative estimate of drug-likeness (QED) is 0.652. The number of nitrogens with zero attached hydrogens (tertiary/aromatic N) is 1. The zero-order valence-corrected chi connectivity index (χ0v) is 18.7. The van der Waals surface area contributed by atoms with Gasteiger partial charge in [-0.1, -0.05) is 39.0 Å². The van der Waals surface area contributed by atoms with Crippen molar-refractivity contribution in [3.8, 4) is 5.75 Å². The van der Waals surface area contributed by atoms with Crippen LogP contribution < -0.4 is 4.74 Å². The second-order valence-electron chi connectivity index (χ2n) is 9.96. The molecule has 0 aromatic heterocycles. The molecule has 1 saturated heterocycles. The number of fused-ring (bicyclic) bond motifs is 1. The van der Waals surface area contributed by atoms with Gasteiger partial charge >= 0.3 is 0 Å². The predicted octanol–water partition coefficient (Wildman–Crippen LogP) is 5.24. The van der Waals surface area contributed by atoms with Crippen LogP contribution in [0.25, 0.3) is 0 Å². The van der Waals surface area contributed by atoms with E-state index in [4.69, 9.17) is 4.74 Å². The first-order chi connectivity index (χ1) is 14.1. The number of ketones is 1. The van der Waals surface area contributed by atoms with E-state index in [1.165, 1.54) is 5.56 Å². The van der Waals surface area contributed by atoms with Crippen LogP contribution in [0.4, 0.5) is 0 Å². The minimum absolute atomic E-state index is 0.0552. The van der Waals surface area contributed by atoms with Crippen molar-refractivity contribution < 1.29 is 14.3 Å². The van der Waals surface area contributed by atoms with Gasteiger partial charge in [0.25, 0.3) is 5.91 Å². The molecule has 1 spiro atoms. The normalized spacial score (nSPS) is 18.2. The van der Waals surface area contributed by atoms with Gasteiger partial charge in [-0.05, 0) is 54.2 Å². The zero-order valence-electron chi connectivity index (χ0n) is 18.7. The van der Waals surface area contributed by atoms with E-state index in [0.717, 1.165) is 22.4 Å². The highest BCUT2D eigenvalue weighted by Crippen LogP contribution is 2.41. The molecule has 0 unspecified atom stereocenters. The van der Waals surface area contributed by atoms with Gasteiger partial charge in [0.1, 0.15) is 11.4 Å². The van der Waals surface area contributed by atoms with Crippen LogP contribution in [-0.4, -0.2) is 35.3 Å². The van der Waals surface area contributed by atoms with Crippen molar-refractivity contribution in [1.29, 1.82) is 0 Å². The van der Waals surface area contributed by atoms with Crippen LogP contribution in [0.15, 0.2) is 36.4 Å². The lowest BCUT2D eigenvalue weighted by Gasteiger charge is -2.44. The Labute approximate surface area is 179 Å². The summed E-state index contributed by atoms with van der Waals surface area (Å²) in [4.78, 5) is 27.7. The van der Waals surface area contributed by atoms with Crippen molar-refractivity contribution in [3.63, 3.8) is 0 Å². The lowest BCUT2D eigenvalue weighted by molar-refractivity contribution is -0.00619. The fraction of sp³-hybridized carbons (Fsp3) is 0.462. The molecular formula is C26H31NO3. The van der Waals surface area contributed by atoms with Crippen LogP contribution in [0.1, 0.15) is 77.4 Å². The maximum atomic E-state index is 13.0. The SMILES string of the molecule is Cc1cc(C)c2c(c1)C(=O)CC1(CCN(C(=O)c3ccc(C(C)(C)C)cc3)CC1)O2. The number of ether oxygens (including phenoxy) is 1. The number of benzene rings is 2. The standard InChI is InChI=1S/C26H31NO3/c1-17-14-18(2)23-21(15-17)22(28)16-26(30-23)10-12-27(13-11-26)24(29)19-6-8-20(9-7-19)25(3,4)5/h6-9,14-15H,10-13,16H2,1-5H3. The van der Waals surface area contributed by atoms with E-state index in [2.05, 4.69) is 26.8 Å². The second kappa shape index (κ2) is 7.26. The summed E-state index contributed by atoms with van der Waals surface area (Å²) in [6.45, 7) is 11.7. The maximum absolute atomic E-state index is 13.0. The number of piperidine rings is 1. The van der Waals surface area contributed by atoms with Gasteiger partial charge in [-0.2, -0.15) is 0 Å². The third-order valence-corrected chi connectivity index (χ3v) is 6.48. The highest BCUT2D eigenvalue weighted by Gasteiger charge is 2.44. The number of hydrogen-bond donors (Lipinski definition) is 0. The van der Waals surface area contributed by atoms with E-state index in [0.29, 0.717) is 37.9 Å². The number of Topliss-reactive ketones (excluding diaryl/α,β-unsaturated/α-hetero) is 1. The molecular weight excluding hydrogens is 374 g/mol. The first-order valence-electron chi connectivity index (χ1n) is 10.8. The summed E-state index contributed by atoms with van der Waals surface area (Å²) in [5.41, 5.74) is 4.31. The number of likely N-dealkylation sites (tertiary alicyclic amines) is 1. The summed E-state index contributed by atoms with van der Waals surface area (Å²) < 4.78 is 6.44. The number of rotatable bonds is 1. The minimum Gasteiger partial charge on any atom is -0.486 e. The molecule has 0 saturated carbocycles. The third kappa shape index (κ3) is 3.76. The molecule has 1 fully saturated rings. The first kappa shape index (κ1) is 20.6. The van der Waals surface area contributed by atoms with Crippen LogP contribution in [0.5, 0.6) is 5.75 Å². The Balaban J connectivity index is 1.47. The molecule has 2 aromatic rings. The molecule has 2 aliphatic heterocycles. The first-order valence-corrected chi connectivity index (χ1v) is 10.8. The molecule has 0 N–H and O–H groups in total. The van der Waals surface area contributed by atoms with E-state index in [-0.39, 0.29) is 17.1 Å². The van der Waals surface area contributed by atoms with E-state index in [9.17, 15) is 9.59 Å². The van der Waals surface area contributed by atoms with Crippen molar-refractivity contribution in [2.24, 2.45) is 0 Å². The van der Waals surface area contributed by atoms with Gasteiger partial charge in [-0.3, -0.25) is 9.59 Å². The predicted molar refractivity (Wildman–Crippen MR) is 119 cm³/mol. The molecule has 158 valence electrons. The number of aryl methyl sites for hydroxylation is 2. The zero-order chi connectivity index (χ0) is 21.7. The number of carbonyl (C=O) groups excluding carboxylic acids is 2. The van der Waals surface area contributed by atoms with Gasteiger partial charge in [0.05, 0.1) is 12.0 Å². The van der Waals surface area contributed by atoms with E-state index in [1.54, 1.807) is 0 Å². The molecule has 0 radical (unpaired) electrons. The lowest BCUT2D eigenvalue weighted by atomic mass is 9.81. The van der Waals surface area contributed by atoms with Crippen LogP contribution >= 0.6 is 0 Å². The van der Waals surface area contributed by atoms with Gasteiger partial charge in [-0.25, -0.2) is 0 Å². The average Bonchev–Trinajstić information content (AvgIpc) is 2.69. The molecule has 4 rings (SSSR count). The molecule has 30 heavy (non-hydrogen) atoms. The third-order valence-electron chi connectivity index (χ3n) is 6.48. The number of hydrogen-bond acceptors (Lipinski definition) is 3.